The Morgan fingerprint density at radius 1 is 0.887 bits per heavy atom. The van der Waals surface area contributed by atoms with Crippen molar-refractivity contribution in [2.24, 2.45) is 0 Å². The minimum Gasteiger partial charge on any atom is -0.394 e. The molecule has 3 aliphatic rings. The van der Waals surface area contributed by atoms with E-state index >= 15 is 0 Å². The highest BCUT2D eigenvalue weighted by molar-refractivity contribution is 7.61. The van der Waals surface area contributed by atoms with Crippen molar-refractivity contribution in [1.82, 2.24) is 14.9 Å². The molecule has 2 unspecified atom stereocenters. The molecule has 0 radical (unpaired) electrons. The summed E-state index contributed by atoms with van der Waals surface area (Å²) >= 11 is 0. The van der Waals surface area contributed by atoms with Crippen LogP contribution in [0.1, 0.15) is 13.2 Å². The first-order chi connectivity index (χ1) is 24.8. The maximum Gasteiger partial charge on any atom is 0.483 e. The highest BCUT2D eigenvalue weighted by Crippen LogP contribution is 2.61. The van der Waals surface area contributed by atoms with E-state index in [2.05, 4.69) is 14.2 Å². The molecule has 304 valence electrons. The van der Waals surface area contributed by atoms with Gasteiger partial charge in [-0.2, -0.15) is 4.31 Å². The van der Waals surface area contributed by atoms with Gasteiger partial charge in [0.25, 0.3) is 5.56 Å². The molecule has 4 rings (SSSR count). The minimum absolute atomic E-state index is 0.660. The Morgan fingerprint density at radius 2 is 1.53 bits per heavy atom. The lowest BCUT2D eigenvalue weighted by molar-refractivity contribution is -0.312. The highest BCUT2D eigenvalue weighted by atomic mass is 31.3. The van der Waals surface area contributed by atoms with Gasteiger partial charge in [-0.05, 0) is 0 Å². The fourth-order valence-corrected chi connectivity index (χ4v) is 7.64. The van der Waals surface area contributed by atoms with Crippen molar-refractivity contribution >= 4 is 21.6 Å². The molecule has 26 nitrogen and oxygen atoms in total. The van der Waals surface area contributed by atoms with Gasteiger partial charge in [0, 0.05) is 26.3 Å². The van der Waals surface area contributed by atoms with Gasteiger partial charge in [0.15, 0.2) is 18.8 Å². The molecule has 1 amide bonds. The van der Waals surface area contributed by atoms with E-state index in [1.165, 1.54) is 7.11 Å². The number of phosphoric acid groups is 2. The van der Waals surface area contributed by atoms with Crippen LogP contribution < -0.4 is 16.6 Å². The van der Waals surface area contributed by atoms with Crippen LogP contribution in [0.3, 0.4) is 0 Å². The molecule has 4 heterocycles. The number of aliphatic hydroxyl groups excluding tert-OH is 7. The molecule has 1 aromatic heterocycles. The number of hydrogen-bond donors (Lipinski definition) is 11. The van der Waals surface area contributed by atoms with Crippen LogP contribution in [0.5, 0.6) is 0 Å². The summed E-state index contributed by atoms with van der Waals surface area (Å²) in [6.45, 7) is -2.18. The summed E-state index contributed by atoms with van der Waals surface area (Å²) in [7, 11) is -10.2. The third-order valence-electron chi connectivity index (χ3n) is 8.06. The molecule has 53 heavy (non-hydrogen) atoms. The molecule has 0 spiro atoms. The number of phosphoric ester groups is 2. The van der Waals surface area contributed by atoms with Crippen molar-refractivity contribution < 1.29 is 101 Å². The van der Waals surface area contributed by atoms with Crippen molar-refractivity contribution in [2.45, 2.75) is 92.8 Å². The maximum absolute atomic E-state index is 12.9. The lowest BCUT2D eigenvalue weighted by Gasteiger charge is -2.43. The van der Waals surface area contributed by atoms with E-state index in [4.69, 9.17) is 32.9 Å². The van der Waals surface area contributed by atoms with E-state index in [-0.39, 0.29) is 0 Å². The molecule has 0 saturated carbocycles. The molecule has 11 N–H and O–H groups in total. The molecule has 1 aromatic rings. The molecule has 0 bridgehead atoms. The van der Waals surface area contributed by atoms with E-state index in [1.807, 2.05) is 4.98 Å². The summed E-state index contributed by atoms with van der Waals surface area (Å²) in [4.78, 5) is 57.6. The fourth-order valence-electron chi connectivity index (χ4n) is 5.48. The number of H-pyrrole nitrogens is 1. The number of aliphatic hydroxyl groups is 7. The number of ether oxygens (including phenoxy) is 6. The number of nitrogens with one attached hydrogen (secondary N) is 2. The van der Waals surface area contributed by atoms with Crippen LogP contribution in [0.15, 0.2) is 21.9 Å². The number of methoxy groups -OCH3 is 1. The Kier molecular flexibility index (Phi) is 15.0. The maximum atomic E-state index is 12.9. The zero-order chi connectivity index (χ0) is 39.4. The van der Waals surface area contributed by atoms with Gasteiger partial charge in [0.2, 0.25) is 5.91 Å². The van der Waals surface area contributed by atoms with Gasteiger partial charge < -0.3 is 79.3 Å². The van der Waals surface area contributed by atoms with Crippen LogP contribution in [0.4, 0.5) is 0 Å². The smallest absolute Gasteiger partial charge is 0.394 e. The zero-order valence-electron chi connectivity index (χ0n) is 27.6. The summed E-state index contributed by atoms with van der Waals surface area (Å²) < 4.78 is 71.5. The Balaban J connectivity index is 1.36. The van der Waals surface area contributed by atoms with Gasteiger partial charge in [0.1, 0.15) is 73.9 Å². The number of aromatic amines is 1. The summed E-state index contributed by atoms with van der Waals surface area (Å²) in [5.74, 6) is -0.852. The standard InChI is InChI=1S/C25H41N3O23P2/c1-9(30)26-14-18(35)15(32)11(6-44-8-45-21-17(34)10(5-29)48-24(43-2)20(21)37)49-23(14)50-53(41,42)51-52(39,40)46-7-12-16(33)19(36)22(47-12)28-4-3-13(31)27-25(28)38/h3-4,10-12,14-24,29,32-37H,5-8H2,1-2H3,(H,26,30)(H,39,40)(H,41,42)(H,27,31,38)/t10-,11-,12-,14-,15-,16-,17-,18-,19-,20+,21+,22-,23-,24-/m1/s1. The van der Waals surface area contributed by atoms with Crippen LogP contribution in [0.2, 0.25) is 0 Å². The first-order valence-electron chi connectivity index (χ1n) is 15.4. The van der Waals surface area contributed by atoms with Gasteiger partial charge in [-0.1, -0.05) is 0 Å². The first-order valence-corrected chi connectivity index (χ1v) is 18.4. The number of amides is 1. The van der Waals surface area contributed by atoms with Crippen LogP contribution in [0, 0.1) is 0 Å². The van der Waals surface area contributed by atoms with Crippen LogP contribution in [-0.4, -0.2) is 174 Å². The van der Waals surface area contributed by atoms with Gasteiger partial charge in [-0.3, -0.25) is 28.2 Å². The van der Waals surface area contributed by atoms with Crippen molar-refractivity contribution in [3.63, 3.8) is 0 Å². The van der Waals surface area contributed by atoms with E-state index in [9.17, 15) is 69.0 Å². The van der Waals surface area contributed by atoms with Gasteiger partial charge in [0.05, 0.1) is 19.8 Å². The van der Waals surface area contributed by atoms with E-state index < -0.39 is 145 Å². The molecular formula is C25H41N3O23P2. The second kappa shape index (κ2) is 18.2. The fraction of sp³-hybridized carbons (Fsp3) is 0.800. The van der Waals surface area contributed by atoms with Crippen LogP contribution in [0.25, 0.3) is 0 Å². The first kappa shape index (κ1) is 43.6. The Bertz CT molecular complexity index is 1580. The SMILES string of the molecule is CO[C@@H]1O[C@H](CO)[C@@H](O)[C@H](OCOC[C@H]2O[C@H](OP(=O)(O)OP(=O)(O)OC[C@H]3O[C@@H](n4ccc(=O)[nH]c4=O)[C@H](O)[C@@H]3O)[C@H](NC(C)=O)[C@@H](O)[C@@H]2O)[C@@H]1O. The zero-order valence-corrected chi connectivity index (χ0v) is 29.4. The van der Waals surface area contributed by atoms with Crippen LogP contribution >= 0.6 is 15.6 Å². The van der Waals surface area contributed by atoms with Gasteiger partial charge in [-0.15, -0.1) is 0 Å². The second-order valence-corrected chi connectivity index (χ2v) is 14.8. The molecule has 0 aromatic carbocycles. The third kappa shape index (κ3) is 10.8. The number of aromatic nitrogens is 2. The van der Waals surface area contributed by atoms with Crippen molar-refractivity contribution in [3.8, 4) is 0 Å². The minimum atomic E-state index is -5.78. The lowest BCUT2D eigenvalue weighted by atomic mass is 9.97. The predicted molar refractivity (Wildman–Crippen MR) is 164 cm³/mol. The second-order valence-electron chi connectivity index (χ2n) is 11.8. The van der Waals surface area contributed by atoms with Crippen LogP contribution in [-0.2, 0) is 55.7 Å². The quantitative estimate of drug-likeness (QED) is 0.0420. The molecular weight excluding hydrogens is 772 g/mol. The number of carbonyl (C=O) groups excluding carboxylic acids is 1. The van der Waals surface area contributed by atoms with Gasteiger partial charge in [-0.25, -0.2) is 13.9 Å². The monoisotopic (exact) mass is 813 g/mol. The molecule has 3 fully saturated rings. The third-order valence-corrected chi connectivity index (χ3v) is 10.7. The predicted octanol–water partition coefficient (Wildman–Crippen LogP) is -6.20. The lowest BCUT2D eigenvalue weighted by Crippen LogP contribution is -2.64. The molecule has 16 atom stereocenters. The molecule has 0 aliphatic carbocycles. The summed E-state index contributed by atoms with van der Waals surface area (Å²) in [5, 5.41) is 74.3. The van der Waals surface area contributed by atoms with Crippen molar-refractivity contribution in [3.05, 3.63) is 33.1 Å². The largest absolute Gasteiger partial charge is 0.483 e. The Hall–Kier alpha value is -2.11. The average Bonchev–Trinajstić information content (AvgIpc) is 3.35. The molecule has 3 aliphatic heterocycles. The van der Waals surface area contributed by atoms with E-state index in [0.29, 0.717) is 4.57 Å². The molecule has 3 saturated heterocycles. The number of nitrogens with zero attached hydrogens (tertiary/aromatic N) is 1. The van der Waals surface area contributed by atoms with Crippen molar-refractivity contribution in [1.29, 1.82) is 0 Å². The average molecular weight is 814 g/mol. The van der Waals surface area contributed by atoms with E-state index in [0.717, 1.165) is 19.2 Å². The van der Waals surface area contributed by atoms with Crippen molar-refractivity contribution in [2.75, 3.05) is 33.7 Å². The number of rotatable bonds is 16. The summed E-state index contributed by atoms with van der Waals surface area (Å²) in [6, 6.07) is -0.889. The van der Waals surface area contributed by atoms with Gasteiger partial charge >= 0.3 is 21.3 Å². The highest BCUT2D eigenvalue weighted by Gasteiger charge is 2.51. The number of hydrogen-bond acceptors (Lipinski definition) is 21. The number of carbonyl (C=O) groups is 1. The normalized spacial score (nSPS) is 38.5. The Morgan fingerprint density at radius 3 is 2.15 bits per heavy atom. The Labute approximate surface area is 297 Å². The molecule has 28 heteroatoms. The summed E-state index contributed by atoms with van der Waals surface area (Å²) in [6.07, 6.45) is -20.6. The topological polar surface area (TPSA) is 383 Å². The summed E-state index contributed by atoms with van der Waals surface area (Å²) in [5.41, 5.74) is -1.80. The van der Waals surface area contributed by atoms with E-state index in [1.54, 1.807) is 0 Å².